The Kier molecular flexibility index (Phi) is 3.49. The first-order valence-electron chi connectivity index (χ1n) is 8.01. The van der Waals surface area contributed by atoms with Gasteiger partial charge in [0.2, 0.25) is 5.91 Å². The fourth-order valence-electron chi connectivity index (χ4n) is 3.45. The number of carbonyl (C=O) groups excluding carboxylic acids is 2. The summed E-state index contributed by atoms with van der Waals surface area (Å²) in [5.74, 6) is 0.331. The Balaban J connectivity index is 1.46. The molecule has 5 heteroatoms. The van der Waals surface area contributed by atoms with E-state index in [9.17, 15) is 9.59 Å². The first-order chi connectivity index (χ1) is 11.7. The van der Waals surface area contributed by atoms with Crippen molar-refractivity contribution in [2.75, 3.05) is 13.1 Å². The highest BCUT2D eigenvalue weighted by Gasteiger charge is 2.47. The van der Waals surface area contributed by atoms with Crippen LogP contribution in [0.3, 0.4) is 0 Å². The third kappa shape index (κ3) is 2.42. The van der Waals surface area contributed by atoms with E-state index in [4.69, 9.17) is 9.15 Å². The zero-order chi connectivity index (χ0) is 16.6. The van der Waals surface area contributed by atoms with Crippen LogP contribution in [0.25, 0.3) is 6.08 Å². The predicted octanol–water partition coefficient (Wildman–Crippen LogP) is 2.98. The smallest absolute Gasteiger partial charge is 0.339 e. The molecule has 1 aromatic heterocycles. The van der Waals surface area contributed by atoms with Gasteiger partial charge in [-0.2, -0.15) is 0 Å². The van der Waals surface area contributed by atoms with E-state index < -0.39 is 5.60 Å². The molecule has 24 heavy (non-hydrogen) atoms. The number of ether oxygens (including phenoxy) is 1. The number of carbonyl (C=O) groups is 2. The van der Waals surface area contributed by atoms with Crippen molar-refractivity contribution < 1.29 is 18.7 Å². The minimum absolute atomic E-state index is 0.0566. The molecular weight excluding hydrogens is 306 g/mol. The second kappa shape index (κ2) is 5.67. The van der Waals surface area contributed by atoms with Gasteiger partial charge in [0, 0.05) is 37.6 Å². The minimum Gasteiger partial charge on any atom is -0.465 e. The number of esters is 1. The van der Waals surface area contributed by atoms with Crippen molar-refractivity contribution in [2.24, 2.45) is 0 Å². The van der Waals surface area contributed by atoms with Gasteiger partial charge in [0.25, 0.3) is 0 Å². The maximum absolute atomic E-state index is 12.3. The molecule has 0 bridgehead atoms. The second-order valence-corrected chi connectivity index (χ2v) is 6.10. The van der Waals surface area contributed by atoms with Crippen molar-refractivity contribution in [2.45, 2.75) is 18.4 Å². The molecule has 1 amide bonds. The monoisotopic (exact) mass is 323 g/mol. The van der Waals surface area contributed by atoms with E-state index in [2.05, 4.69) is 0 Å². The van der Waals surface area contributed by atoms with Gasteiger partial charge in [0.15, 0.2) is 0 Å². The predicted molar refractivity (Wildman–Crippen MR) is 87.1 cm³/mol. The molecule has 2 aliphatic rings. The van der Waals surface area contributed by atoms with Gasteiger partial charge in [-0.15, -0.1) is 0 Å². The molecule has 0 N–H and O–H groups in total. The fraction of sp³-hybridized carbons (Fsp3) is 0.263. The van der Waals surface area contributed by atoms with Crippen LogP contribution in [0.5, 0.6) is 0 Å². The van der Waals surface area contributed by atoms with Gasteiger partial charge in [-0.05, 0) is 24.3 Å². The first kappa shape index (κ1) is 14.8. The van der Waals surface area contributed by atoms with Crippen molar-refractivity contribution >= 4 is 18.0 Å². The van der Waals surface area contributed by atoms with Crippen molar-refractivity contribution in [1.82, 2.24) is 4.90 Å². The third-order valence-corrected chi connectivity index (χ3v) is 4.74. The number of nitrogens with zero attached hydrogens (tertiary/aromatic N) is 1. The zero-order valence-corrected chi connectivity index (χ0v) is 13.1. The molecule has 1 saturated heterocycles. The van der Waals surface area contributed by atoms with Crippen LogP contribution < -0.4 is 0 Å². The third-order valence-electron chi connectivity index (χ3n) is 4.74. The Hall–Kier alpha value is -2.82. The highest BCUT2D eigenvalue weighted by Crippen LogP contribution is 2.43. The molecule has 122 valence electrons. The summed E-state index contributed by atoms with van der Waals surface area (Å²) < 4.78 is 10.9. The van der Waals surface area contributed by atoms with Gasteiger partial charge in [0.1, 0.15) is 11.4 Å². The number of rotatable bonds is 2. The fourth-order valence-corrected chi connectivity index (χ4v) is 3.45. The van der Waals surface area contributed by atoms with E-state index in [-0.39, 0.29) is 11.9 Å². The summed E-state index contributed by atoms with van der Waals surface area (Å²) in [5, 5.41) is 0. The first-order valence-corrected chi connectivity index (χ1v) is 8.01. The van der Waals surface area contributed by atoms with Crippen LogP contribution in [0.4, 0.5) is 0 Å². The largest absolute Gasteiger partial charge is 0.465 e. The Morgan fingerprint density at radius 1 is 1.12 bits per heavy atom. The molecule has 0 unspecified atom stereocenters. The number of fused-ring (bicyclic) bond motifs is 2. The molecule has 3 heterocycles. The summed E-state index contributed by atoms with van der Waals surface area (Å²) in [6, 6.07) is 11.1. The van der Waals surface area contributed by atoms with Gasteiger partial charge in [-0.3, -0.25) is 4.79 Å². The summed E-state index contributed by atoms with van der Waals surface area (Å²) in [5.41, 5.74) is 1.03. The second-order valence-electron chi connectivity index (χ2n) is 6.10. The normalized spacial score (nSPS) is 18.8. The van der Waals surface area contributed by atoms with Crippen molar-refractivity contribution in [3.63, 3.8) is 0 Å². The number of hydrogen-bond acceptors (Lipinski definition) is 4. The van der Waals surface area contributed by atoms with E-state index in [1.165, 1.54) is 6.08 Å². The number of likely N-dealkylation sites (tertiary alicyclic amines) is 1. The zero-order valence-electron chi connectivity index (χ0n) is 13.1. The lowest BCUT2D eigenvalue weighted by Crippen LogP contribution is -2.44. The number of amides is 1. The molecular formula is C19H17NO4. The van der Waals surface area contributed by atoms with Crippen LogP contribution in [0.15, 0.2) is 53.2 Å². The van der Waals surface area contributed by atoms with Crippen LogP contribution in [0.1, 0.15) is 34.5 Å². The van der Waals surface area contributed by atoms with E-state index in [1.54, 1.807) is 35.4 Å². The maximum Gasteiger partial charge on any atom is 0.339 e. The lowest BCUT2D eigenvalue weighted by atomic mass is 9.84. The summed E-state index contributed by atoms with van der Waals surface area (Å²) in [6.45, 7) is 1.12. The molecule has 0 saturated carbocycles. The average molecular weight is 323 g/mol. The highest BCUT2D eigenvalue weighted by molar-refractivity contribution is 5.95. The van der Waals surface area contributed by atoms with Gasteiger partial charge in [0.05, 0.1) is 11.8 Å². The lowest BCUT2D eigenvalue weighted by Gasteiger charge is -2.38. The standard InChI is InChI=1S/C19H17NO4/c21-17(8-7-14-4-3-13-23-14)20-11-9-19(10-12-20)16-6-2-1-5-15(16)18(22)24-19/h1-8,13H,9-12H2/b8-7+. The summed E-state index contributed by atoms with van der Waals surface area (Å²) in [4.78, 5) is 26.1. The van der Waals surface area contributed by atoms with Crippen LogP contribution in [-0.4, -0.2) is 29.9 Å². The Morgan fingerprint density at radius 3 is 2.67 bits per heavy atom. The van der Waals surface area contributed by atoms with E-state index >= 15 is 0 Å². The molecule has 2 aliphatic heterocycles. The van der Waals surface area contributed by atoms with Crippen LogP contribution >= 0.6 is 0 Å². The summed E-state index contributed by atoms with van der Waals surface area (Å²) in [7, 11) is 0. The molecule has 5 nitrogen and oxygen atoms in total. The van der Waals surface area contributed by atoms with Crippen molar-refractivity contribution in [3.05, 3.63) is 65.6 Å². The van der Waals surface area contributed by atoms with Crippen LogP contribution in [0.2, 0.25) is 0 Å². The number of hydrogen-bond donors (Lipinski definition) is 0. The Morgan fingerprint density at radius 2 is 1.92 bits per heavy atom. The molecule has 1 aromatic carbocycles. The molecule has 2 aromatic rings. The van der Waals surface area contributed by atoms with Crippen molar-refractivity contribution in [1.29, 1.82) is 0 Å². The number of benzene rings is 1. The summed E-state index contributed by atoms with van der Waals surface area (Å²) >= 11 is 0. The SMILES string of the molecule is O=C1OC2(CCN(C(=O)/C=C/c3ccco3)CC2)c2ccccc21. The molecule has 1 fully saturated rings. The molecule has 0 aliphatic carbocycles. The maximum atomic E-state index is 12.3. The van der Waals surface area contributed by atoms with Crippen molar-refractivity contribution in [3.8, 4) is 0 Å². The van der Waals surface area contributed by atoms with Gasteiger partial charge in [-0.1, -0.05) is 18.2 Å². The average Bonchev–Trinajstić information content (AvgIpc) is 3.22. The molecule has 1 spiro atoms. The molecule has 4 rings (SSSR count). The van der Waals surface area contributed by atoms with Gasteiger partial charge >= 0.3 is 5.97 Å². The topological polar surface area (TPSA) is 59.8 Å². The van der Waals surface area contributed by atoms with Crippen LogP contribution in [-0.2, 0) is 15.1 Å². The van der Waals surface area contributed by atoms with Gasteiger partial charge in [-0.25, -0.2) is 4.79 Å². The molecule has 0 radical (unpaired) electrons. The van der Waals surface area contributed by atoms with Gasteiger partial charge < -0.3 is 14.1 Å². The minimum atomic E-state index is -0.574. The van der Waals surface area contributed by atoms with Crippen LogP contribution in [0, 0.1) is 0 Å². The Labute approximate surface area is 139 Å². The summed E-state index contributed by atoms with van der Waals surface area (Å²) in [6.07, 6.45) is 6.00. The quantitative estimate of drug-likeness (QED) is 0.630. The highest BCUT2D eigenvalue weighted by atomic mass is 16.6. The van der Waals surface area contributed by atoms with E-state index in [0.717, 1.165) is 5.56 Å². The number of furan rings is 1. The lowest BCUT2D eigenvalue weighted by molar-refractivity contribution is -0.130. The van der Waals surface area contributed by atoms with E-state index in [0.29, 0.717) is 37.3 Å². The van der Waals surface area contributed by atoms with E-state index in [1.807, 2.05) is 18.2 Å². The Bertz CT molecular complexity index is 799. The number of piperidine rings is 1. The molecule has 0 atom stereocenters.